The summed E-state index contributed by atoms with van der Waals surface area (Å²) in [7, 11) is 0. The van der Waals surface area contributed by atoms with Crippen molar-refractivity contribution in [1.82, 2.24) is 5.32 Å². The molecule has 27 heavy (non-hydrogen) atoms. The van der Waals surface area contributed by atoms with Crippen LogP contribution >= 0.6 is 11.6 Å². The van der Waals surface area contributed by atoms with E-state index in [-0.39, 0.29) is 6.42 Å². The van der Waals surface area contributed by atoms with Crippen molar-refractivity contribution in [2.75, 3.05) is 0 Å². The number of nitrogens with one attached hydrogen (secondary N) is 1. The van der Waals surface area contributed by atoms with Gasteiger partial charge in [0, 0.05) is 11.1 Å². The van der Waals surface area contributed by atoms with Crippen LogP contribution in [0.2, 0.25) is 5.02 Å². The Morgan fingerprint density at radius 2 is 1.78 bits per heavy atom. The van der Waals surface area contributed by atoms with E-state index in [4.69, 9.17) is 21.4 Å². The van der Waals surface area contributed by atoms with Crippen LogP contribution in [0.5, 0.6) is 0 Å². The number of rotatable bonds is 6. The van der Waals surface area contributed by atoms with Crippen LogP contribution in [-0.2, 0) is 16.0 Å². The van der Waals surface area contributed by atoms with Crippen molar-refractivity contribution in [2.45, 2.75) is 45.3 Å². The molecule has 0 aliphatic rings. The second-order valence-corrected chi connectivity index (χ2v) is 7.79. The molecule has 144 valence electrons. The van der Waals surface area contributed by atoms with Crippen molar-refractivity contribution in [2.24, 2.45) is 0 Å². The van der Waals surface area contributed by atoms with Crippen molar-refractivity contribution in [3.63, 3.8) is 0 Å². The second kappa shape index (κ2) is 8.91. The van der Waals surface area contributed by atoms with Crippen molar-refractivity contribution >= 4 is 23.7 Å². The summed E-state index contributed by atoms with van der Waals surface area (Å²) in [6.07, 6.45) is -0.416. The normalized spacial score (nSPS) is 12.3. The van der Waals surface area contributed by atoms with Crippen molar-refractivity contribution in [3.8, 4) is 11.1 Å². The topological polar surface area (TPSA) is 75.6 Å². The fourth-order valence-electron chi connectivity index (χ4n) is 2.65. The standard InChI is InChI=1S/C21H24ClNO4/c1-21(2,3)27-20(26)23-18(13-19(24)25)11-14-7-9-15(10-8-14)16-5-4-6-17(22)12-16/h4-10,12,18H,11,13H2,1-3H3,(H,23,26)(H,24,25). The lowest BCUT2D eigenvalue weighted by atomic mass is 9.99. The number of aliphatic carboxylic acids is 1. The van der Waals surface area contributed by atoms with E-state index in [1.165, 1.54) is 0 Å². The summed E-state index contributed by atoms with van der Waals surface area (Å²) in [5.74, 6) is -0.980. The Hall–Kier alpha value is -2.53. The third kappa shape index (κ3) is 7.31. The smallest absolute Gasteiger partial charge is 0.407 e. The van der Waals surface area contributed by atoms with Crippen molar-refractivity contribution in [3.05, 3.63) is 59.1 Å². The molecule has 0 fully saturated rings. The number of alkyl carbamates (subject to hydrolysis) is 1. The summed E-state index contributed by atoms with van der Waals surface area (Å²) in [5.41, 5.74) is 2.29. The molecule has 0 aromatic heterocycles. The Morgan fingerprint density at radius 3 is 2.33 bits per heavy atom. The first-order chi connectivity index (χ1) is 12.6. The molecule has 2 aromatic carbocycles. The van der Waals surface area contributed by atoms with Gasteiger partial charge in [-0.3, -0.25) is 4.79 Å². The predicted octanol–water partition coefficient (Wildman–Crippen LogP) is 4.92. The summed E-state index contributed by atoms with van der Waals surface area (Å²) < 4.78 is 5.22. The molecule has 2 rings (SSSR count). The molecular weight excluding hydrogens is 366 g/mol. The van der Waals surface area contributed by atoms with Crippen LogP contribution in [0.3, 0.4) is 0 Å². The first-order valence-corrected chi connectivity index (χ1v) is 9.06. The molecule has 0 bridgehead atoms. The van der Waals surface area contributed by atoms with Gasteiger partial charge in [-0.05, 0) is 56.0 Å². The zero-order valence-electron chi connectivity index (χ0n) is 15.7. The van der Waals surface area contributed by atoms with E-state index in [0.717, 1.165) is 16.7 Å². The van der Waals surface area contributed by atoms with Crippen LogP contribution < -0.4 is 5.32 Å². The number of carboxylic acid groups (broad SMARTS) is 1. The van der Waals surface area contributed by atoms with Gasteiger partial charge in [-0.2, -0.15) is 0 Å². The minimum absolute atomic E-state index is 0.185. The Labute approximate surface area is 164 Å². The fourth-order valence-corrected chi connectivity index (χ4v) is 2.84. The summed E-state index contributed by atoms with van der Waals surface area (Å²) >= 11 is 6.03. The molecule has 6 heteroatoms. The number of benzene rings is 2. The Morgan fingerprint density at radius 1 is 1.11 bits per heavy atom. The van der Waals surface area contributed by atoms with Gasteiger partial charge >= 0.3 is 12.1 Å². The van der Waals surface area contributed by atoms with Crippen LogP contribution in [0, 0.1) is 0 Å². The maximum atomic E-state index is 12.0. The first kappa shape index (κ1) is 20.8. The second-order valence-electron chi connectivity index (χ2n) is 7.35. The highest BCUT2D eigenvalue weighted by molar-refractivity contribution is 6.30. The molecule has 0 saturated heterocycles. The van der Waals surface area contributed by atoms with E-state index in [0.29, 0.717) is 11.4 Å². The number of carboxylic acids is 1. The third-order valence-corrected chi connectivity index (χ3v) is 3.97. The third-order valence-electron chi connectivity index (χ3n) is 3.74. The van der Waals surface area contributed by atoms with E-state index in [9.17, 15) is 9.59 Å². The largest absolute Gasteiger partial charge is 0.481 e. The first-order valence-electron chi connectivity index (χ1n) is 8.68. The summed E-state index contributed by atoms with van der Waals surface area (Å²) in [6, 6.07) is 14.7. The molecule has 0 saturated carbocycles. The van der Waals surface area contributed by atoms with E-state index in [1.807, 2.05) is 48.5 Å². The molecule has 2 N–H and O–H groups in total. The molecule has 5 nitrogen and oxygen atoms in total. The lowest BCUT2D eigenvalue weighted by Crippen LogP contribution is -2.41. The lowest BCUT2D eigenvalue weighted by Gasteiger charge is -2.23. The molecule has 0 aliphatic carbocycles. The Balaban J connectivity index is 2.08. The van der Waals surface area contributed by atoms with Crippen LogP contribution in [-0.4, -0.2) is 28.8 Å². The molecule has 1 atom stereocenters. The van der Waals surface area contributed by atoms with Crippen LogP contribution in [0.25, 0.3) is 11.1 Å². The van der Waals surface area contributed by atoms with Gasteiger partial charge in [0.25, 0.3) is 0 Å². The summed E-state index contributed by atoms with van der Waals surface area (Å²) in [5, 5.41) is 12.4. The number of halogens is 1. The van der Waals surface area contributed by atoms with Gasteiger partial charge in [0.05, 0.1) is 6.42 Å². The minimum Gasteiger partial charge on any atom is -0.481 e. The van der Waals surface area contributed by atoms with Gasteiger partial charge in [-0.15, -0.1) is 0 Å². The van der Waals surface area contributed by atoms with E-state index >= 15 is 0 Å². The van der Waals surface area contributed by atoms with Gasteiger partial charge in [-0.1, -0.05) is 48.0 Å². The predicted molar refractivity (Wildman–Crippen MR) is 106 cm³/mol. The number of carbonyl (C=O) groups is 2. The van der Waals surface area contributed by atoms with Crippen molar-refractivity contribution < 1.29 is 19.4 Å². The van der Waals surface area contributed by atoms with Gasteiger partial charge in [-0.25, -0.2) is 4.79 Å². The monoisotopic (exact) mass is 389 g/mol. The van der Waals surface area contributed by atoms with E-state index in [2.05, 4.69) is 5.32 Å². The highest BCUT2D eigenvalue weighted by Gasteiger charge is 2.21. The zero-order valence-corrected chi connectivity index (χ0v) is 16.4. The van der Waals surface area contributed by atoms with Gasteiger partial charge in [0.15, 0.2) is 0 Å². The number of hydrogen-bond acceptors (Lipinski definition) is 3. The maximum absolute atomic E-state index is 12.0. The number of hydrogen-bond donors (Lipinski definition) is 2. The Bertz CT molecular complexity index is 797. The molecule has 1 amide bonds. The molecule has 0 aliphatic heterocycles. The van der Waals surface area contributed by atoms with Gasteiger partial charge in [0.1, 0.15) is 5.60 Å². The SMILES string of the molecule is CC(C)(C)OC(=O)NC(CC(=O)O)Cc1ccc(-c2cccc(Cl)c2)cc1. The number of carbonyl (C=O) groups excluding carboxylic acids is 1. The van der Waals surface area contributed by atoms with E-state index < -0.39 is 23.7 Å². The highest BCUT2D eigenvalue weighted by Crippen LogP contribution is 2.23. The molecule has 0 heterocycles. The maximum Gasteiger partial charge on any atom is 0.407 e. The molecule has 1 unspecified atom stereocenters. The molecule has 0 spiro atoms. The fraction of sp³-hybridized carbons (Fsp3) is 0.333. The summed E-state index contributed by atoms with van der Waals surface area (Å²) in [6.45, 7) is 5.27. The average molecular weight is 390 g/mol. The van der Waals surface area contributed by atoms with Gasteiger partial charge < -0.3 is 15.2 Å². The number of ether oxygens (including phenoxy) is 1. The zero-order chi connectivity index (χ0) is 20.0. The molecular formula is C21H24ClNO4. The minimum atomic E-state index is -0.980. The van der Waals surface area contributed by atoms with Gasteiger partial charge in [0.2, 0.25) is 0 Å². The quantitative estimate of drug-likeness (QED) is 0.735. The summed E-state index contributed by atoms with van der Waals surface area (Å²) in [4.78, 5) is 23.1. The van der Waals surface area contributed by atoms with Crippen molar-refractivity contribution in [1.29, 1.82) is 0 Å². The molecule has 0 radical (unpaired) electrons. The number of amides is 1. The van der Waals surface area contributed by atoms with Crippen LogP contribution in [0.15, 0.2) is 48.5 Å². The van der Waals surface area contributed by atoms with E-state index in [1.54, 1.807) is 20.8 Å². The Kier molecular flexibility index (Phi) is 6.86. The average Bonchev–Trinajstić information content (AvgIpc) is 2.53. The lowest BCUT2D eigenvalue weighted by molar-refractivity contribution is -0.137. The van der Waals surface area contributed by atoms with Crippen LogP contribution in [0.1, 0.15) is 32.8 Å². The van der Waals surface area contributed by atoms with Crippen LogP contribution in [0.4, 0.5) is 4.79 Å². The molecule has 2 aromatic rings. The highest BCUT2D eigenvalue weighted by atomic mass is 35.5.